The molecule has 120 valence electrons. The molecule has 0 atom stereocenters. The molecule has 23 heavy (non-hydrogen) atoms. The first-order valence-corrected chi connectivity index (χ1v) is 7.88. The van der Waals surface area contributed by atoms with Crippen LogP contribution in [0.2, 0.25) is 0 Å². The molecule has 0 saturated heterocycles. The minimum absolute atomic E-state index is 0.114. The zero-order valence-electron chi connectivity index (χ0n) is 11.4. The normalized spacial score (nSPS) is 12.7. The number of primary sulfonamides is 1. The van der Waals surface area contributed by atoms with Crippen molar-refractivity contribution in [3.63, 3.8) is 0 Å². The number of sulfonamides is 1. The fourth-order valence-electron chi connectivity index (χ4n) is 2.28. The summed E-state index contributed by atoms with van der Waals surface area (Å²) in [6, 6.07) is 7.28. The number of rotatable bonds is 2. The number of aromatic nitrogens is 2. The van der Waals surface area contributed by atoms with Crippen LogP contribution in [-0.2, 0) is 16.2 Å². The van der Waals surface area contributed by atoms with E-state index >= 15 is 0 Å². The van der Waals surface area contributed by atoms with Crippen molar-refractivity contribution in [1.82, 2.24) is 10.2 Å². The Morgan fingerprint density at radius 3 is 2.30 bits per heavy atom. The van der Waals surface area contributed by atoms with Crippen molar-refractivity contribution < 1.29 is 21.6 Å². The number of nitrogens with two attached hydrogens (primary N) is 1. The lowest BCUT2D eigenvalue weighted by molar-refractivity contribution is -0.137. The minimum atomic E-state index is -4.51. The van der Waals surface area contributed by atoms with Crippen LogP contribution < -0.4 is 5.14 Å². The van der Waals surface area contributed by atoms with Crippen molar-refractivity contribution in [3.05, 3.63) is 48.2 Å². The molecule has 3 aromatic rings. The molecule has 0 aliphatic rings. The number of fused-ring (bicyclic) bond motifs is 1. The SMILES string of the molecule is NS(=O)(=O)c1ccc(-c2cc(C(F)(F)F)cc3[nH]ncc23)cc1. The summed E-state index contributed by atoms with van der Waals surface area (Å²) in [6.45, 7) is 0. The van der Waals surface area contributed by atoms with Crippen LogP contribution in [0.25, 0.3) is 22.0 Å². The van der Waals surface area contributed by atoms with Crippen molar-refractivity contribution in [2.75, 3.05) is 0 Å². The van der Waals surface area contributed by atoms with E-state index < -0.39 is 21.8 Å². The molecule has 3 rings (SSSR count). The highest BCUT2D eigenvalue weighted by Gasteiger charge is 2.31. The van der Waals surface area contributed by atoms with E-state index in [-0.39, 0.29) is 10.4 Å². The van der Waals surface area contributed by atoms with Crippen molar-refractivity contribution >= 4 is 20.9 Å². The number of aromatic amines is 1. The first-order valence-electron chi connectivity index (χ1n) is 6.34. The second kappa shape index (κ2) is 5.07. The maximum Gasteiger partial charge on any atom is 0.416 e. The summed E-state index contributed by atoms with van der Waals surface area (Å²) in [4.78, 5) is -0.114. The summed E-state index contributed by atoms with van der Waals surface area (Å²) in [5.41, 5.74) is 0.143. The number of halogens is 3. The maximum atomic E-state index is 13.0. The van der Waals surface area contributed by atoms with Crippen LogP contribution in [0.4, 0.5) is 13.2 Å². The molecule has 0 radical (unpaired) electrons. The molecule has 0 spiro atoms. The van der Waals surface area contributed by atoms with Gasteiger partial charge in [-0.25, -0.2) is 13.6 Å². The predicted octanol–water partition coefficient (Wildman–Crippen LogP) is 2.90. The molecular formula is C14H10F3N3O2S. The quantitative estimate of drug-likeness (QED) is 0.751. The third-order valence-corrected chi connectivity index (χ3v) is 4.31. The van der Waals surface area contributed by atoms with Crippen LogP contribution in [0.3, 0.4) is 0 Å². The van der Waals surface area contributed by atoms with Gasteiger partial charge in [0, 0.05) is 5.39 Å². The van der Waals surface area contributed by atoms with Crippen LogP contribution in [0, 0.1) is 0 Å². The third-order valence-electron chi connectivity index (χ3n) is 3.38. The van der Waals surface area contributed by atoms with Gasteiger partial charge in [-0.2, -0.15) is 18.3 Å². The molecule has 0 fully saturated rings. The van der Waals surface area contributed by atoms with E-state index in [0.717, 1.165) is 12.1 Å². The molecule has 9 heteroatoms. The number of H-pyrrole nitrogens is 1. The fraction of sp³-hybridized carbons (Fsp3) is 0.0714. The average Bonchev–Trinajstić information content (AvgIpc) is 2.93. The smallest absolute Gasteiger partial charge is 0.278 e. The van der Waals surface area contributed by atoms with Crippen LogP contribution in [0.5, 0.6) is 0 Å². The molecular weight excluding hydrogens is 331 g/mol. The topological polar surface area (TPSA) is 88.8 Å². The summed E-state index contributed by atoms with van der Waals surface area (Å²) < 4.78 is 61.5. The summed E-state index contributed by atoms with van der Waals surface area (Å²) in [5, 5.41) is 11.8. The molecule has 5 nitrogen and oxygen atoms in total. The molecule has 0 unspecified atom stereocenters. The Hall–Kier alpha value is -2.39. The van der Waals surface area contributed by atoms with Gasteiger partial charge in [0.1, 0.15) is 0 Å². The van der Waals surface area contributed by atoms with Gasteiger partial charge in [0.25, 0.3) is 0 Å². The van der Waals surface area contributed by atoms with E-state index in [9.17, 15) is 21.6 Å². The molecule has 0 amide bonds. The molecule has 0 aliphatic carbocycles. The Bertz CT molecular complexity index is 977. The summed E-state index contributed by atoms with van der Waals surface area (Å²) in [6.07, 6.45) is -3.09. The van der Waals surface area contributed by atoms with E-state index in [2.05, 4.69) is 10.2 Å². The zero-order chi connectivity index (χ0) is 16.8. The Kier molecular flexibility index (Phi) is 3.42. The standard InChI is InChI=1S/C14H10F3N3O2S/c15-14(16,17)9-5-11(12-7-19-20-13(12)6-9)8-1-3-10(4-2-8)23(18,21)22/h1-7H,(H,19,20)(H2,18,21,22). The van der Waals surface area contributed by atoms with Crippen LogP contribution in [-0.4, -0.2) is 18.6 Å². The van der Waals surface area contributed by atoms with Crippen LogP contribution in [0.1, 0.15) is 5.56 Å². The van der Waals surface area contributed by atoms with Crippen molar-refractivity contribution in [3.8, 4) is 11.1 Å². The molecule has 0 aliphatic heterocycles. The number of hydrogen-bond acceptors (Lipinski definition) is 3. The number of nitrogens with one attached hydrogen (secondary N) is 1. The second-order valence-electron chi connectivity index (χ2n) is 4.92. The fourth-order valence-corrected chi connectivity index (χ4v) is 2.79. The third kappa shape index (κ3) is 2.92. The first-order chi connectivity index (χ1) is 10.7. The summed E-state index contributed by atoms with van der Waals surface area (Å²) in [5.74, 6) is 0. The van der Waals surface area contributed by atoms with Gasteiger partial charge in [-0.1, -0.05) is 12.1 Å². The van der Waals surface area contributed by atoms with Crippen LogP contribution >= 0.6 is 0 Å². The lowest BCUT2D eigenvalue weighted by Crippen LogP contribution is -2.11. The average molecular weight is 341 g/mol. The Balaban J connectivity index is 2.21. The van der Waals surface area contributed by atoms with E-state index in [1.807, 2.05) is 0 Å². The van der Waals surface area contributed by atoms with Gasteiger partial charge in [0.2, 0.25) is 10.0 Å². The lowest BCUT2D eigenvalue weighted by atomic mass is 9.99. The highest BCUT2D eigenvalue weighted by atomic mass is 32.2. The summed E-state index contributed by atoms with van der Waals surface area (Å²) >= 11 is 0. The van der Waals surface area contributed by atoms with Gasteiger partial charge >= 0.3 is 6.18 Å². The Morgan fingerprint density at radius 1 is 1.09 bits per heavy atom. The summed E-state index contributed by atoms with van der Waals surface area (Å²) in [7, 11) is -3.86. The number of alkyl halides is 3. The van der Waals surface area contributed by atoms with Crippen molar-refractivity contribution in [2.24, 2.45) is 5.14 Å². The van der Waals surface area contributed by atoms with Gasteiger partial charge in [-0.15, -0.1) is 0 Å². The van der Waals surface area contributed by atoms with Gasteiger partial charge in [-0.3, -0.25) is 5.10 Å². The molecule has 3 N–H and O–H groups in total. The largest absolute Gasteiger partial charge is 0.416 e. The molecule has 1 aromatic heterocycles. The highest BCUT2D eigenvalue weighted by Crippen LogP contribution is 2.36. The molecule has 1 heterocycles. The molecule has 0 bridgehead atoms. The second-order valence-corrected chi connectivity index (χ2v) is 6.48. The highest BCUT2D eigenvalue weighted by molar-refractivity contribution is 7.89. The van der Waals surface area contributed by atoms with Gasteiger partial charge in [0.05, 0.1) is 22.2 Å². The van der Waals surface area contributed by atoms with Gasteiger partial charge in [0.15, 0.2) is 0 Å². The Labute approximate surface area is 129 Å². The van der Waals surface area contributed by atoms with Crippen molar-refractivity contribution in [2.45, 2.75) is 11.1 Å². The minimum Gasteiger partial charge on any atom is -0.278 e. The molecule has 2 aromatic carbocycles. The van der Waals surface area contributed by atoms with E-state index in [4.69, 9.17) is 5.14 Å². The number of nitrogens with zero attached hydrogens (tertiary/aromatic N) is 1. The van der Waals surface area contributed by atoms with E-state index in [1.54, 1.807) is 0 Å². The Morgan fingerprint density at radius 2 is 1.74 bits per heavy atom. The van der Waals surface area contributed by atoms with Gasteiger partial charge in [-0.05, 0) is 35.4 Å². The van der Waals surface area contributed by atoms with Crippen molar-refractivity contribution in [1.29, 1.82) is 0 Å². The van der Waals surface area contributed by atoms with Crippen LogP contribution in [0.15, 0.2) is 47.5 Å². The number of hydrogen-bond donors (Lipinski definition) is 2. The van der Waals surface area contributed by atoms with E-state index in [1.165, 1.54) is 30.5 Å². The predicted molar refractivity (Wildman–Crippen MR) is 77.9 cm³/mol. The number of benzene rings is 2. The van der Waals surface area contributed by atoms with E-state index in [0.29, 0.717) is 16.5 Å². The zero-order valence-corrected chi connectivity index (χ0v) is 12.2. The monoisotopic (exact) mass is 341 g/mol. The van der Waals surface area contributed by atoms with Gasteiger partial charge < -0.3 is 0 Å². The molecule has 0 saturated carbocycles. The first kappa shape index (κ1) is 15.5. The lowest BCUT2D eigenvalue weighted by Gasteiger charge is -2.11. The maximum absolute atomic E-state index is 13.0.